The second-order valence-electron chi connectivity index (χ2n) is 5.55. The number of rotatable bonds is 4. The first-order chi connectivity index (χ1) is 9.55. The van der Waals surface area contributed by atoms with Crippen molar-refractivity contribution in [1.29, 1.82) is 0 Å². The van der Waals surface area contributed by atoms with Crippen molar-refractivity contribution < 1.29 is 9.90 Å². The Kier molecular flexibility index (Phi) is 4.42. The highest BCUT2D eigenvalue weighted by molar-refractivity contribution is 5.75. The molecule has 1 fully saturated rings. The zero-order chi connectivity index (χ0) is 14.6. The van der Waals surface area contributed by atoms with Crippen molar-refractivity contribution in [2.45, 2.75) is 38.5 Å². The van der Waals surface area contributed by atoms with Crippen LogP contribution >= 0.6 is 0 Å². The van der Waals surface area contributed by atoms with Crippen LogP contribution in [0.2, 0.25) is 0 Å². The molecule has 1 aromatic heterocycles. The number of carbonyl (C=O) groups is 1. The van der Waals surface area contributed by atoms with E-state index in [1.807, 2.05) is 0 Å². The number of hydrogen-bond acceptors (Lipinski definition) is 4. The lowest BCUT2D eigenvalue weighted by Gasteiger charge is -2.28. The van der Waals surface area contributed by atoms with E-state index in [0.29, 0.717) is 12.8 Å². The monoisotopic (exact) mass is 279 g/mol. The van der Waals surface area contributed by atoms with Crippen molar-refractivity contribution >= 4 is 11.8 Å². The highest BCUT2D eigenvalue weighted by atomic mass is 16.4. The van der Waals surface area contributed by atoms with Gasteiger partial charge in [0, 0.05) is 26.0 Å². The average Bonchev–Trinajstić information content (AvgIpc) is 2.67. The lowest BCUT2D eigenvalue weighted by atomic mass is 9.80. The number of carboxylic acid groups (broad SMARTS) is 1. The van der Waals surface area contributed by atoms with E-state index in [1.165, 1.54) is 10.8 Å². The first-order valence-corrected chi connectivity index (χ1v) is 7.04. The summed E-state index contributed by atoms with van der Waals surface area (Å²) in [6, 6.07) is 0. The van der Waals surface area contributed by atoms with Crippen LogP contribution in [0, 0.1) is 5.41 Å². The predicted molar refractivity (Wildman–Crippen MR) is 75.7 cm³/mol. The summed E-state index contributed by atoms with van der Waals surface area (Å²) in [5, 5.41) is 12.5. The van der Waals surface area contributed by atoms with Gasteiger partial charge in [-0.1, -0.05) is 25.7 Å². The first-order valence-electron chi connectivity index (χ1n) is 7.04. The molecule has 0 atom stereocenters. The summed E-state index contributed by atoms with van der Waals surface area (Å²) in [6.07, 6.45) is 8.44. The second-order valence-corrected chi connectivity index (χ2v) is 5.55. The topological polar surface area (TPSA) is 84.2 Å². The van der Waals surface area contributed by atoms with Crippen molar-refractivity contribution in [3.63, 3.8) is 0 Å². The number of hydrogen-bond donors (Lipinski definition) is 2. The van der Waals surface area contributed by atoms with E-state index in [4.69, 9.17) is 0 Å². The smallest absolute Gasteiger partial charge is 0.311 e. The van der Waals surface area contributed by atoms with Crippen molar-refractivity contribution in [3.05, 3.63) is 22.7 Å². The zero-order valence-corrected chi connectivity index (χ0v) is 11.8. The molecule has 1 aliphatic rings. The van der Waals surface area contributed by atoms with Crippen LogP contribution in [0.5, 0.6) is 0 Å². The molecule has 1 saturated carbocycles. The average molecular weight is 279 g/mol. The number of anilines is 1. The van der Waals surface area contributed by atoms with Gasteiger partial charge in [-0.05, 0) is 12.8 Å². The highest BCUT2D eigenvalue weighted by Gasteiger charge is 2.38. The van der Waals surface area contributed by atoms with Gasteiger partial charge >= 0.3 is 5.97 Å². The van der Waals surface area contributed by atoms with Crippen molar-refractivity contribution in [2.24, 2.45) is 12.5 Å². The fourth-order valence-electron chi connectivity index (χ4n) is 2.74. The minimum Gasteiger partial charge on any atom is -0.481 e. The van der Waals surface area contributed by atoms with Gasteiger partial charge < -0.3 is 15.0 Å². The molecule has 2 N–H and O–H groups in total. The van der Waals surface area contributed by atoms with Gasteiger partial charge in [0.2, 0.25) is 0 Å². The van der Waals surface area contributed by atoms with Crippen molar-refractivity contribution in [1.82, 2.24) is 9.55 Å². The third-order valence-corrected chi connectivity index (χ3v) is 4.13. The minimum atomic E-state index is -0.779. The molecule has 110 valence electrons. The molecule has 0 unspecified atom stereocenters. The Hall–Kier alpha value is -1.85. The lowest BCUT2D eigenvalue weighted by molar-refractivity contribution is -0.149. The summed E-state index contributed by atoms with van der Waals surface area (Å²) < 4.78 is 1.43. The maximum absolute atomic E-state index is 11.9. The fraction of sp³-hybridized carbons (Fsp3) is 0.643. The number of aliphatic carboxylic acids is 1. The largest absolute Gasteiger partial charge is 0.481 e. The van der Waals surface area contributed by atoms with Gasteiger partial charge in [0.25, 0.3) is 5.56 Å². The third-order valence-electron chi connectivity index (χ3n) is 4.13. The van der Waals surface area contributed by atoms with Crippen molar-refractivity contribution in [3.8, 4) is 0 Å². The van der Waals surface area contributed by atoms with Crippen LogP contribution in [0.3, 0.4) is 0 Å². The first kappa shape index (κ1) is 14.6. The molecule has 0 aliphatic heterocycles. The molecule has 0 bridgehead atoms. The van der Waals surface area contributed by atoms with Gasteiger partial charge in [-0.25, -0.2) is 4.98 Å². The maximum Gasteiger partial charge on any atom is 0.311 e. The molecule has 6 nitrogen and oxygen atoms in total. The molecule has 0 aromatic carbocycles. The van der Waals surface area contributed by atoms with Crippen molar-refractivity contribution in [2.75, 3.05) is 11.9 Å². The molecule has 6 heteroatoms. The molecule has 1 aliphatic carbocycles. The normalized spacial score (nSPS) is 18.2. The summed E-state index contributed by atoms with van der Waals surface area (Å²) in [5.41, 5.74) is -1.01. The highest BCUT2D eigenvalue weighted by Crippen LogP contribution is 2.35. The van der Waals surface area contributed by atoms with E-state index in [0.717, 1.165) is 25.7 Å². The molecule has 0 amide bonds. The quantitative estimate of drug-likeness (QED) is 0.818. The number of aromatic nitrogens is 2. The van der Waals surface area contributed by atoms with Crippen LogP contribution in [0.15, 0.2) is 17.2 Å². The molecule has 20 heavy (non-hydrogen) atoms. The lowest BCUT2D eigenvalue weighted by Crippen LogP contribution is -2.39. The second kappa shape index (κ2) is 6.07. The molecule has 1 aromatic rings. The maximum atomic E-state index is 11.9. The van der Waals surface area contributed by atoms with Gasteiger partial charge in [-0.3, -0.25) is 9.59 Å². The number of carboxylic acids is 1. The number of nitrogens with zero attached hydrogens (tertiary/aromatic N) is 2. The van der Waals surface area contributed by atoms with Crippen LogP contribution in [0.4, 0.5) is 5.82 Å². The Morgan fingerprint density at radius 3 is 2.65 bits per heavy atom. The Bertz CT molecular complexity index is 531. The SMILES string of the molecule is Cn1ccnc(NCC2(C(=O)O)CCCCCC2)c1=O. The number of nitrogens with one attached hydrogen (secondary N) is 1. The Balaban J connectivity index is 2.15. The number of aryl methyl sites for hydroxylation is 1. The standard InChI is InChI=1S/C14H21N3O3/c1-17-9-8-15-11(12(17)18)16-10-14(13(19)20)6-4-2-3-5-7-14/h8-9H,2-7,10H2,1H3,(H,15,16)(H,19,20). The Morgan fingerprint density at radius 2 is 2.05 bits per heavy atom. The van der Waals surface area contributed by atoms with Crippen LogP contribution in [0.1, 0.15) is 38.5 Å². The minimum absolute atomic E-state index is 0.222. The Labute approximate surface area is 117 Å². The third kappa shape index (κ3) is 3.00. The summed E-state index contributed by atoms with van der Waals surface area (Å²) in [4.78, 5) is 27.5. The molecule has 0 spiro atoms. The van der Waals surface area contributed by atoms with E-state index in [9.17, 15) is 14.7 Å². The molecule has 1 heterocycles. The summed E-state index contributed by atoms with van der Waals surface area (Å²) in [5.74, 6) is -0.556. The van der Waals surface area contributed by atoms with Gasteiger partial charge in [0.15, 0.2) is 5.82 Å². The van der Waals surface area contributed by atoms with Crippen LogP contribution < -0.4 is 10.9 Å². The molecule has 2 rings (SSSR count). The molecule has 0 saturated heterocycles. The zero-order valence-electron chi connectivity index (χ0n) is 11.8. The Morgan fingerprint density at radius 1 is 1.40 bits per heavy atom. The molecular weight excluding hydrogens is 258 g/mol. The molecule has 0 radical (unpaired) electrons. The van der Waals surface area contributed by atoms with Gasteiger partial charge in [0.1, 0.15) is 0 Å². The summed E-state index contributed by atoms with van der Waals surface area (Å²) in [7, 11) is 1.65. The van der Waals surface area contributed by atoms with Crippen LogP contribution in [-0.4, -0.2) is 27.2 Å². The van der Waals surface area contributed by atoms with E-state index >= 15 is 0 Å². The fourth-order valence-corrected chi connectivity index (χ4v) is 2.74. The van der Waals surface area contributed by atoms with Crippen LogP contribution in [0.25, 0.3) is 0 Å². The summed E-state index contributed by atoms with van der Waals surface area (Å²) in [6.45, 7) is 0.259. The van der Waals surface area contributed by atoms with E-state index in [2.05, 4.69) is 10.3 Å². The predicted octanol–water partition coefficient (Wildman–Crippen LogP) is 1.62. The van der Waals surface area contributed by atoms with Gasteiger partial charge in [0.05, 0.1) is 5.41 Å². The van der Waals surface area contributed by atoms with Crippen LogP contribution in [-0.2, 0) is 11.8 Å². The van der Waals surface area contributed by atoms with Gasteiger partial charge in [-0.15, -0.1) is 0 Å². The summed E-state index contributed by atoms with van der Waals surface area (Å²) >= 11 is 0. The molecular formula is C14H21N3O3. The van der Waals surface area contributed by atoms with E-state index < -0.39 is 11.4 Å². The van der Waals surface area contributed by atoms with E-state index in [-0.39, 0.29) is 17.9 Å². The van der Waals surface area contributed by atoms with E-state index in [1.54, 1.807) is 13.2 Å². The van der Waals surface area contributed by atoms with Gasteiger partial charge in [-0.2, -0.15) is 0 Å².